The Morgan fingerprint density at radius 3 is 2.67 bits per heavy atom. The Balaban J connectivity index is 1.89. The van der Waals surface area contributed by atoms with Crippen molar-refractivity contribution in [2.75, 3.05) is 12.4 Å². The highest BCUT2D eigenvalue weighted by molar-refractivity contribution is 7.90. The summed E-state index contributed by atoms with van der Waals surface area (Å²) in [5.41, 5.74) is 0.728. The van der Waals surface area contributed by atoms with Gasteiger partial charge in [-0.05, 0) is 19.1 Å². The van der Waals surface area contributed by atoms with Crippen LogP contribution in [0, 0.1) is 6.92 Å². The van der Waals surface area contributed by atoms with Gasteiger partial charge in [-0.15, -0.1) is 0 Å². The topological polar surface area (TPSA) is 140 Å². The van der Waals surface area contributed by atoms with Crippen LogP contribution in [0.25, 0.3) is 5.65 Å². The Hall–Kier alpha value is -2.70. The second-order valence-electron chi connectivity index (χ2n) is 5.07. The summed E-state index contributed by atoms with van der Waals surface area (Å²) in [6.45, 7) is 1.66. The Kier molecular flexibility index (Phi) is 5.04. The van der Waals surface area contributed by atoms with Crippen LogP contribution in [-0.2, 0) is 10.0 Å². The molecule has 0 radical (unpaired) electrons. The molecule has 0 unspecified atom stereocenters. The zero-order valence-corrected chi connectivity index (χ0v) is 16.1. The molecule has 2 N–H and O–H groups in total. The first-order valence-corrected chi connectivity index (χ1v) is 9.38. The van der Waals surface area contributed by atoms with Crippen molar-refractivity contribution in [3.05, 3.63) is 34.2 Å². The van der Waals surface area contributed by atoms with E-state index in [1.54, 1.807) is 23.8 Å². The first-order valence-electron chi connectivity index (χ1n) is 7.14. The molecule has 0 spiro atoms. The van der Waals surface area contributed by atoms with Gasteiger partial charge in [0.05, 0.1) is 12.8 Å². The van der Waals surface area contributed by atoms with Gasteiger partial charge in [0.25, 0.3) is 10.0 Å². The van der Waals surface area contributed by atoms with Gasteiger partial charge >= 0.3 is 6.03 Å². The molecule has 0 aliphatic rings. The van der Waals surface area contributed by atoms with Gasteiger partial charge in [-0.3, -0.25) is 5.32 Å². The van der Waals surface area contributed by atoms with E-state index >= 15 is 0 Å². The Morgan fingerprint density at radius 2 is 1.96 bits per heavy atom. The van der Waals surface area contributed by atoms with Gasteiger partial charge in [0.1, 0.15) is 5.15 Å². The molecule has 2 amide bonds. The number of methoxy groups -OCH3 is 1. The molecule has 3 aromatic rings. The Morgan fingerprint density at radius 1 is 1.22 bits per heavy atom. The van der Waals surface area contributed by atoms with Crippen molar-refractivity contribution >= 4 is 50.9 Å². The van der Waals surface area contributed by atoms with E-state index in [-0.39, 0.29) is 27.8 Å². The average Bonchev–Trinajstić information content (AvgIpc) is 2.89. The molecule has 3 rings (SSSR count). The normalized spacial score (nSPS) is 11.4. The number of imidazole rings is 1. The SMILES string of the molecule is COc1cc(Cl)nc(NC(=O)NS(=O)(=O)c2c(Cl)nc3ccc(C)nn23)n1. The summed E-state index contributed by atoms with van der Waals surface area (Å²) in [6.07, 6.45) is 0. The molecular formula is C13H11Cl2N7O4S. The van der Waals surface area contributed by atoms with Crippen LogP contribution in [-0.4, -0.2) is 46.1 Å². The van der Waals surface area contributed by atoms with Gasteiger partial charge in [-0.1, -0.05) is 23.2 Å². The van der Waals surface area contributed by atoms with Crippen molar-refractivity contribution < 1.29 is 17.9 Å². The molecule has 11 nitrogen and oxygen atoms in total. The molecular weight excluding hydrogens is 421 g/mol. The fourth-order valence-electron chi connectivity index (χ4n) is 2.06. The van der Waals surface area contributed by atoms with Gasteiger partial charge < -0.3 is 4.74 Å². The van der Waals surface area contributed by atoms with Crippen molar-refractivity contribution in [2.45, 2.75) is 11.9 Å². The molecule has 3 heterocycles. The van der Waals surface area contributed by atoms with Crippen LogP contribution < -0.4 is 14.8 Å². The third-order valence-electron chi connectivity index (χ3n) is 3.12. The number of hydrogen-bond acceptors (Lipinski definition) is 8. The molecule has 0 saturated carbocycles. The number of urea groups is 1. The molecule has 14 heteroatoms. The highest BCUT2D eigenvalue weighted by Crippen LogP contribution is 2.22. The van der Waals surface area contributed by atoms with Gasteiger partial charge in [-0.2, -0.15) is 23.0 Å². The Bertz CT molecular complexity index is 1150. The zero-order valence-electron chi connectivity index (χ0n) is 13.8. The molecule has 0 fully saturated rings. The standard InChI is InChI=1S/C13H11Cl2N7O4S/c1-6-3-4-8-17-10(15)11(22(8)20-6)27(24,25)21-13(23)19-12-16-7(14)5-9(18-12)26-2/h3-5H,1-2H3,(H2,16,18,19,21,23). The molecule has 0 aliphatic heterocycles. The highest BCUT2D eigenvalue weighted by Gasteiger charge is 2.28. The first kappa shape index (κ1) is 19.1. The van der Waals surface area contributed by atoms with E-state index < -0.39 is 21.1 Å². The molecule has 0 atom stereocenters. The lowest BCUT2D eigenvalue weighted by atomic mass is 10.4. The van der Waals surface area contributed by atoms with Crippen LogP contribution in [0.5, 0.6) is 5.88 Å². The van der Waals surface area contributed by atoms with Crippen molar-refractivity contribution in [2.24, 2.45) is 0 Å². The summed E-state index contributed by atoms with van der Waals surface area (Å²) < 4.78 is 32.9. The summed E-state index contributed by atoms with van der Waals surface area (Å²) in [7, 11) is -3.07. The molecule has 3 aromatic heterocycles. The van der Waals surface area contributed by atoms with Crippen molar-refractivity contribution in [1.82, 2.24) is 29.3 Å². The summed E-state index contributed by atoms with van der Waals surface area (Å²) in [5.74, 6) is -0.178. The fraction of sp³-hybridized carbons (Fsp3) is 0.154. The van der Waals surface area contributed by atoms with Crippen LogP contribution in [0.4, 0.5) is 10.7 Å². The molecule has 27 heavy (non-hydrogen) atoms. The van der Waals surface area contributed by atoms with Gasteiger partial charge in [0.2, 0.25) is 16.9 Å². The van der Waals surface area contributed by atoms with Crippen LogP contribution in [0.3, 0.4) is 0 Å². The number of amides is 2. The number of carbonyl (C=O) groups excluding carboxylic acids is 1. The number of carbonyl (C=O) groups is 1. The number of nitrogens with zero attached hydrogens (tertiary/aromatic N) is 5. The van der Waals surface area contributed by atoms with Crippen molar-refractivity contribution in [3.8, 4) is 5.88 Å². The summed E-state index contributed by atoms with van der Waals surface area (Å²) in [6, 6.07) is 3.35. The Labute approximate surface area is 162 Å². The number of anilines is 1. The van der Waals surface area contributed by atoms with E-state index in [1.807, 2.05) is 0 Å². The molecule has 0 bridgehead atoms. The molecule has 0 aromatic carbocycles. The lowest BCUT2D eigenvalue weighted by molar-refractivity contribution is 0.256. The molecule has 142 valence electrons. The number of nitrogens with one attached hydrogen (secondary N) is 2. The van der Waals surface area contributed by atoms with Crippen LogP contribution in [0.15, 0.2) is 23.2 Å². The number of halogens is 2. The zero-order chi connectivity index (χ0) is 19.8. The summed E-state index contributed by atoms with van der Waals surface area (Å²) in [5, 5.41) is 5.36. The third kappa shape index (κ3) is 4.02. The average molecular weight is 432 g/mol. The van der Waals surface area contributed by atoms with Crippen molar-refractivity contribution in [3.63, 3.8) is 0 Å². The number of rotatable bonds is 4. The minimum Gasteiger partial charge on any atom is -0.481 e. The van der Waals surface area contributed by atoms with Crippen LogP contribution in [0.2, 0.25) is 10.3 Å². The van der Waals surface area contributed by atoms with Gasteiger partial charge in [0, 0.05) is 6.07 Å². The van der Waals surface area contributed by atoms with E-state index in [0.29, 0.717) is 5.69 Å². The third-order valence-corrected chi connectivity index (χ3v) is 5.02. The smallest absolute Gasteiger partial charge is 0.335 e. The lowest BCUT2D eigenvalue weighted by Crippen LogP contribution is -2.35. The monoisotopic (exact) mass is 431 g/mol. The number of aryl methyl sites for hydroxylation is 1. The summed E-state index contributed by atoms with van der Waals surface area (Å²) >= 11 is 11.7. The minimum atomic E-state index is -4.41. The van der Waals surface area contributed by atoms with Gasteiger partial charge in [0.15, 0.2) is 10.8 Å². The number of ether oxygens (including phenoxy) is 1. The minimum absolute atomic E-state index is 0.00971. The second-order valence-corrected chi connectivity index (χ2v) is 7.41. The molecule has 0 saturated heterocycles. The number of sulfonamides is 1. The number of aromatic nitrogens is 5. The lowest BCUT2D eigenvalue weighted by Gasteiger charge is -2.08. The van der Waals surface area contributed by atoms with E-state index in [4.69, 9.17) is 27.9 Å². The quantitative estimate of drug-likeness (QED) is 0.593. The maximum Gasteiger partial charge on any atom is 0.335 e. The first-order chi connectivity index (χ1) is 12.7. The van der Waals surface area contributed by atoms with E-state index in [0.717, 1.165) is 4.52 Å². The summed E-state index contributed by atoms with van der Waals surface area (Å²) in [4.78, 5) is 23.6. The fourth-order valence-corrected chi connectivity index (χ4v) is 3.72. The van der Waals surface area contributed by atoms with Gasteiger partial charge in [-0.25, -0.2) is 19.5 Å². The van der Waals surface area contributed by atoms with Crippen LogP contribution >= 0.6 is 23.2 Å². The maximum atomic E-state index is 12.6. The molecule has 0 aliphatic carbocycles. The van der Waals surface area contributed by atoms with Crippen molar-refractivity contribution in [1.29, 1.82) is 0 Å². The number of hydrogen-bond donors (Lipinski definition) is 2. The van der Waals surface area contributed by atoms with E-state index in [1.165, 1.54) is 13.2 Å². The largest absolute Gasteiger partial charge is 0.481 e. The maximum absolute atomic E-state index is 12.6. The van der Waals surface area contributed by atoms with Crippen LogP contribution in [0.1, 0.15) is 5.69 Å². The number of fused-ring (bicyclic) bond motifs is 1. The van der Waals surface area contributed by atoms with E-state index in [9.17, 15) is 13.2 Å². The predicted molar refractivity (Wildman–Crippen MR) is 95.7 cm³/mol. The second kappa shape index (κ2) is 7.13. The highest BCUT2D eigenvalue weighted by atomic mass is 35.5. The van der Waals surface area contributed by atoms with E-state index in [2.05, 4.69) is 25.4 Å². The predicted octanol–water partition coefficient (Wildman–Crippen LogP) is 1.65.